The number of anilines is 1. The van der Waals surface area contributed by atoms with Crippen LogP contribution in [0.3, 0.4) is 0 Å². The van der Waals surface area contributed by atoms with E-state index in [1.54, 1.807) is 13.0 Å². The van der Waals surface area contributed by atoms with E-state index in [-0.39, 0.29) is 37.0 Å². The summed E-state index contributed by atoms with van der Waals surface area (Å²) in [7, 11) is 0. The number of likely N-dealkylation sites (tertiary alicyclic amines) is 1. The molecule has 1 aromatic carbocycles. The molecule has 0 saturated carbocycles. The van der Waals surface area contributed by atoms with Gasteiger partial charge in [-0.1, -0.05) is 14.4 Å². The van der Waals surface area contributed by atoms with Crippen LogP contribution in [0.4, 0.5) is 19.0 Å². The molecule has 2 saturated heterocycles. The molecule has 0 spiro atoms. The van der Waals surface area contributed by atoms with E-state index >= 15 is 0 Å². The number of aliphatic carboxylic acids is 1. The van der Waals surface area contributed by atoms with Crippen LogP contribution in [-0.2, 0) is 17.8 Å². The van der Waals surface area contributed by atoms with Gasteiger partial charge in [-0.05, 0) is 69.3 Å². The number of halogens is 3. The molecule has 44 heavy (non-hydrogen) atoms. The van der Waals surface area contributed by atoms with Crippen LogP contribution in [0.15, 0.2) is 30.6 Å². The molecule has 238 valence electrons. The van der Waals surface area contributed by atoms with E-state index in [2.05, 4.69) is 26.5 Å². The van der Waals surface area contributed by atoms with Crippen molar-refractivity contribution in [2.75, 3.05) is 24.5 Å². The van der Waals surface area contributed by atoms with E-state index in [0.717, 1.165) is 30.7 Å². The maximum absolute atomic E-state index is 13.2. The fraction of sp³-hybridized carbons (Fsp3) is 0.516. The number of carbonyl (C=O) groups excluding carboxylic acids is 1. The van der Waals surface area contributed by atoms with Gasteiger partial charge in [0.2, 0.25) is 0 Å². The lowest BCUT2D eigenvalue weighted by molar-refractivity contribution is -0.274. The van der Waals surface area contributed by atoms with Gasteiger partial charge in [0, 0.05) is 36.1 Å². The fourth-order valence-electron chi connectivity index (χ4n) is 5.85. The molecule has 0 aliphatic carbocycles. The van der Waals surface area contributed by atoms with Crippen molar-refractivity contribution in [1.29, 1.82) is 0 Å². The molecule has 13 heteroatoms. The number of thiazole rings is 1. The Hall–Kier alpha value is -3.58. The van der Waals surface area contributed by atoms with Crippen molar-refractivity contribution in [2.24, 2.45) is 5.92 Å². The number of carbonyl (C=O) groups is 2. The average molecular weight is 634 g/mol. The van der Waals surface area contributed by atoms with Crippen molar-refractivity contribution < 1.29 is 32.6 Å². The second-order valence-electron chi connectivity index (χ2n) is 11.1. The summed E-state index contributed by atoms with van der Waals surface area (Å²) >= 11 is 1.39. The van der Waals surface area contributed by atoms with Crippen LogP contribution in [-0.4, -0.2) is 68.7 Å². The molecule has 9 nitrogen and oxygen atoms in total. The largest absolute Gasteiger partial charge is 0.573 e. The number of hydrogen-bond donors (Lipinski definition) is 1. The molecule has 2 aliphatic heterocycles. The van der Waals surface area contributed by atoms with Gasteiger partial charge in [-0.15, -0.1) is 24.5 Å². The Kier molecular flexibility index (Phi) is 10.6. The third kappa shape index (κ3) is 8.12. The number of nitrogens with zero attached hydrogens (tertiary/aromatic N) is 5. The molecule has 2 fully saturated rings. The predicted molar refractivity (Wildman–Crippen MR) is 162 cm³/mol. The van der Waals surface area contributed by atoms with Crippen LogP contribution >= 0.6 is 11.3 Å². The highest BCUT2D eigenvalue weighted by atomic mass is 32.1. The summed E-state index contributed by atoms with van der Waals surface area (Å²) in [5, 5.41) is 9.76. The number of hydrogen-bond acceptors (Lipinski definition) is 9. The topological polar surface area (TPSA) is 109 Å². The van der Waals surface area contributed by atoms with Crippen molar-refractivity contribution in [3.8, 4) is 17.0 Å². The van der Waals surface area contributed by atoms with Gasteiger partial charge >= 0.3 is 12.3 Å². The third-order valence-corrected chi connectivity index (χ3v) is 9.06. The quantitative estimate of drug-likeness (QED) is 0.249. The van der Waals surface area contributed by atoms with Crippen molar-refractivity contribution in [3.63, 3.8) is 0 Å². The highest BCUT2D eigenvalue weighted by molar-refractivity contribution is 7.12. The zero-order valence-electron chi connectivity index (χ0n) is 24.1. The van der Waals surface area contributed by atoms with E-state index in [0.29, 0.717) is 66.2 Å². The number of carboxylic acid groups (broad SMARTS) is 1. The van der Waals surface area contributed by atoms with E-state index in [1.807, 2.05) is 4.90 Å². The molecule has 0 radical (unpaired) electrons. The fourth-order valence-corrected chi connectivity index (χ4v) is 6.96. The molecule has 1 atom stereocenters. The van der Waals surface area contributed by atoms with Crippen LogP contribution in [0.25, 0.3) is 11.3 Å². The number of piperidine rings is 1. The highest BCUT2D eigenvalue weighted by Gasteiger charge is 2.32. The summed E-state index contributed by atoms with van der Waals surface area (Å²) in [5.41, 5.74) is 1.84. The maximum Gasteiger partial charge on any atom is 0.573 e. The number of benzene rings is 1. The lowest BCUT2D eigenvalue weighted by Gasteiger charge is -2.30. The van der Waals surface area contributed by atoms with Crippen LogP contribution < -0.4 is 9.64 Å². The molecule has 2 aromatic heterocycles. The van der Waals surface area contributed by atoms with Gasteiger partial charge in [-0.2, -0.15) is 0 Å². The normalized spacial score (nSPS) is 17.8. The van der Waals surface area contributed by atoms with E-state index < -0.39 is 12.3 Å². The first kappa shape index (κ1) is 33.3. The van der Waals surface area contributed by atoms with Gasteiger partial charge in [0.15, 0.2) is 5.78 Å². The second kappa shape index (κ2) is 14.0. The van der Waals surface area contributed by atoms with E-state index in [1.165, 1.54) is 35.9 Å². The van der Waals surface area contributed by atoms with Crippen molar-refractivity contribution in [2.45, 2.75) is 78.7 Å². The molecule has 0 bridgehead atoms. The zero-order valence-corrected chi connectivity index (χ0v) is 24.9. The van der Waals surface area contributed by atoms with Crippen LogP contribution in [0.5, 0.6) is 5.75 Å². The van der Waals surface area contributed by atoms with Gasteiger partial charge < -0.3 is 14.7 Å². The molecular weight excluding hydrogens is 595 g/mol. The Morgan fingerprint density at radius 3 is 2.48 bits per heavy atom. The predicted octanol–water partition coefficient (Wildman–Crippen LogP) is 6.54. The summed E-state index contributed by atoms with van der Waals surface area (Å²) in [6.45, 7) is 6.47. The highest BCUT2D eigenvalue weighted by Crippen LogP contribution is 2.36. The van der Waals surface area contributed by atoms with Gasteiger partial charge in [-0.3, -0.25) is 14.5 Å². The molecule has 1 N–H and O–H groups in total. The number of rotatable bonds is 10. The Bertz CT molecular complexity index is 1460. The van der Waals surface area contributed by atoms with Gasteiger partial charge in [0.25, 0.3) is 0 Å². The van der Waals surface area contributed by atoms with Crippen LogP contribution in [0.1, 0.15) is 72.4 Å². The lowest BCUT2D eigenvalue weighted by Crippen LogP contribution is -2.36. The number of Topliss-reactive ketones (excluding diaryl/α,β-unsaturated/α-hetero) is 1. The minimum absolute atomic E-state index is 0. The van der Waals surface area contributed by atoms with Crippen molar-refractivity contribution in [1.82, 2.24) is 19.9 Å². The lowest BCUT2D eigenvalue weighted by atomic mass is 9.97. The Morgan fingerprint density at radius 1 is 1.09 bits per heavy atom. The van der Waals surface area contributed by atoms with E-state index in [4.69, 9.17) is 4.98 Å². The maximum atomic E-state index is 13.2. The van der Waals surface area contributed by atoms with E-state index in [9.17, 15) is 27.9 Å². The Morgan fingerprint density at radius 2 is 1.84 bits per heavy atom. The summed E-state index contributed by atoms with van der Waals surface area (Å²) in [5.74, 6) is -1.14. The minimum Gasteiger partial charge on any atom is -0.481 e. The third-order valence-electron chi connectivity index (χ3n) is 8.02. The summed E-state index contributed by atoms with van der Waals surface area (Å²) in [4.78, 5) is 43.2. The van der Waals surface area contributed by atoms with Gasteiger partial charge in [0.05, 0.1) is 30.4 Å². The van der Waals surface area contributed by atoms with Crippen molar-refractivity contribution >= 4 is 28.9 Å². The molecule has 4 heterocycles. The number of ketones is 1. The van der Waals surface area contributed by atoms with Gasteiger partial charge in [0.1, 0.15) is 22.3 Å². The molecule has 5 rings (SSSR count). The summed E-state index contributed by atoms with van der Waals surface area (Å²) in [6.07, 6.45) is 2.33. The minimum atomic E-state index is -4.82. The number of aryl methyl sites for hydroxylation is 1. The van der Waals surface area contributed by atoms with Crippen LogP contribution in [0.2, 0.25) is 0 Å². The molecule has 0 amide bonds. The SMILES string of the molecule is C.CC[C@@H]1CCCN1Cc1sc(CC(=O)c2cnc(N3CCC(C(=O)O)CC3)cn2)nc1-c1cc(C)cc(OC(F)(F)F)c1. The Balaban J connectivity index is 0.00000442. The molecule has 0 unspecified atom stereocenters. The smallest absolute Gasteiger partial charge is 0.481 e. The van der Waals surface area contributed by atoms with Crippen molar-refractivity contribution in [3.05, 3.63) is 51.7 Å². The first-order valence-electron chi connectivity index (χ1n) is 14.4. The number of carboxylic acids is 1. The molecule has 3 aromatic rings. The first-order valence-corrected chi connectivity index (χ1v) is 15.2. The van der Waals surface area contributed by atoms with Gasteiger partial charge in [-0.25, -0.2) is 15.0 Å². The molecular formula is C31H38F3N5O4S. The summed E-state index contributed by atoms with van der Waals surface area (Å²) in [6, 6.07) is 4.87. The number of alkyl halides is 3. The second-order valence-corrected chi connectivity index (χ2v) is 12.3. The van der Waals surface area contributed by atoms with Crippen LogP contribution in [0, 0.1) is 12.8 Å². The number of ether oxygens (including phenoxy) is 1. The monoisotopic (exact) mass is 633 g/mol. The zero-order chi connectivity index (χ0) is 30.7. The average Bonchev–Trinajstić information content (AvgIpc) is 3.58. The number of aromatic nitrogens is 3. The Labute approximate surface area is 259 Å². The standard InChI is InChI=1S/C30H34F3N5O4S.CH4/c1-3-21-5-4-8-38(21)17-25-28(20-11-18(2)12-22(13-20)42-30(31,32)33)36-27(43-25)14-24(39)23-15-35-26(16-34-23)37-9-6-19(7-10-37)29(40)41;/h11-13,15-16,19,21H,3-10,14,17H2,1-2H3,(H,40,41);1H4/t21-;/m1./s1. The first-order chi connectivity index (χ1) is 20.5. The molecule has 2 aliphatic rings. The summed E-state index contributed by atoms with van der Waals surface area (Å²) < 4.78 is 43.2.